The Labute approximate surface area is 119 Å². The Morgan fingerprint density at radius 1 is 1.32 bits per heavy atom. The van der Waals surface area contributed by atoms with Crippen LogP contribution in [0.1, 0.15) is 31.9 Å². The molecule has 1 aliphatic carbocycles. The monoisotopic (exact) mass is 280 g/mol. The van der Waals surface area contributed by atoms with Gasteiger partial charge in [-0.2, -0.15) is 0 Å². The molecule has 0 radical (unpaired) electrons. The Balaban J connectivity index is 1.84. The van der Waals surface area contributed by atoms with Crippen LogP contribution in [0.25, 0.3) is 0 Å². The number of ether oxygens (including phenoxy) is 1. The Bertz CT molecular complexity index is 469. The van der Waals surface area contributed by atoms with Gasteiger partial charge in [0.25, 0.3) is 0 Å². The van der Waals surface area contributed by atoms with E-state index in [1.807, 2.05) is 19.1 Å². The van der Waals surface area contributed by atoms with Crippen LogP contribution in [-0.2, 0) is 0 Å². The Morgan fingerprint density at radius 2 is 2.11 bits per heavy atom. The van der Waals surface area contributed by atoms with E-state index < -0.39 is 0 Å². The molecule has 1 aliphatic heterocycles. The van der Waals surface area contributed by atoms with Gasteiger partial charge in [-0.15, -0.1) is 0 Å². The van der Waals surface area contributed by atoms with Crippen LogP contribution in [0.5, 0.6) is 5.75 Å². The van der Waals surface area contributed by atoms with Gasteiger partial charge < -0.3 is 10.1 Å². The second-order valence-corrected chi connectivity index (χ2v) is 6.35. The molecule has 2 fully saturated rings. The summed E-state index contributed by atoms with van der Waals surface area (Å²) in [5, 5.41) is 3.98. The van der Waals surface area contributed by atoms with Crippen molar-refractivity contribution < 1.29 is 4.74 Å². The molecular weight excluding hydrogens is 260 g/mol. The van der Waals surface area contributed by atoms with Gasteiger partial charge in [0.15, 0.2) is 0 Å². The standard InChI is InChI=1S/C15H21ClN2O/c1-10-13(5-6-14(16)18-10)19-15(2,11-3-4-11)12-7-8-17-9-12/h5-6,11-12,17H,3-4,7-9H2,1-2H3/t12-,15?/m0/s1. The molecule has 2 aliphatic rings. The summed E-state index contributed by atoms with van der Waals surface area (Å²) < 4.78 is 6.43. The van der Waals surface area contributed by atoms with E-state index in [1.165, 1.54) is 19.3 Å². The number of nitrogens with zero attached hydrogens (tertiary/aromatic N) is 1. The maximum atomic E-state index is 6.43. The molecule has 0 aromatic carbocycles. The van der Waals surface area contributed by atoms with E-state index >= 15 is 0 Å². The molecule has 4 heteroatoms. The lowest BCUT2D eigenvalue weighted by atomic mass is 9.83. The second-order valence-electron chi connectivity index (χ2n) is 5.97. The molecule has 3 nitrogen and oxygen atoms in total. The van der Waals surface area contributed by atoms with E-state index in [0.29, 0.717) is 17.0 Å². The molecule has 2 atom stereocenters. The summed E-state index contributed by atoms with van der Waals surface area (Å²) in [5.41, 5.74) is 0.814. The molecule has 19 heavy (non-hydrogen) atoms. The van der Waals surface area contributed by atoms with E-state index in [2.05, 4.69) is 17.2 Å². The number of nitrogens with one attached hydrogen (secondary N) is 1. The molecule has 1 saturated carbocycles. The average molecular weight is 281 g/mol. The summed E-state index contributed by atoms with van der Waals surface area (Å²) in [6.07, 6.45) is 3.77. The third kappa shape index (κ3) is 2.59. The molecule has 0 spiro atoms. The quantitative estimate of drug-likeness (QED) is 0.860. The first-order valence-corrected chi connectivity index (χ1v) is 7.50. The first kappa shape index (κ1) is 13.2. The van der Waals surface area contributed by atoms with Crippen molar-refractivity contribution in [3.05, 3.63) is 23.0 Å². The molecule has 104 valence electrons. The molecule has 1 aromatic rings. The predicted octanol–water partition coefficient (Wildman–Crippen LogP) is 3.20. The first-order valence-electron chi connectivity index (χ1n) is 7.12. The van der Waals surface area contributed by atoms with Gasteiger partial charge in [0.1, 0.15) is 16.5 Å². The van der Waals surface area contributed by atoms with Crippen LogP contribution < -0.4 is 10.1 Å². The summed E-state index contributed by atoms with van der Waals surface area (Å²) in [7, 11) is 0. The molecule has 1 unspecified atom stereocenters. The maximum Gasteiger partial charge on any atom is 0.141 e. The third-order valence-corrected chi connectivity index (χ3v) is 4.80. The minimum absolute atomic E-state index is 0.0657. The Kier molecular flexibility index (Phi) is 3.44. The van der Waals surface area contributed by atoms with Crippen LogP contribution in [0.4, 0.5) is 0 Å². The van der Waals surface area contributed by atoms with Gasteiger partial charge in [-0.3, -0.25) is 0 Å². The van der Waals surface area contributed by atoms with Crippen molar-refractivity contribution in [2.24, 2.45) is 11.8 Å². The number of aromatic nitrogens is 1. The van der Waals surface area contributed by atoms with Crippen LogP contribution in [-0.4, -0.2) is 23.7 Å². The summed E-state index contributed by atoms with van der Waals surface area (Å²) in [4.78, 5) is 4.29. The Hall–Kier alpha value is -0.800. The van der Waals surface area contributed by atoms with Crippen LogP contribution in [0.15, 0.2) is 12.1 Å². The maximum absolute atomic E-state index is 6.43. The van der Waals surface area contributed by atoms with Gasteiger partial charge in [0, 0.05) is 12.5 Å². The van der Waals surface area contributed by atoms with Crippen molar-refractivity contribution in [1.29, 1.82) is 0 Å². The zero-order valence-corrected chi connectivity index (χ0v) is 12.3. The molecule has 1 saturated heterocycles. The molecule has 1 aromatic heterocycles. The minimum Gasteiger partial charge on any atom is -0.485 e. The Morgan fingerprint density at radius 3 is 2.68 bits per heavy atom. The fourth-order valence-corrected chi connectivity index (χ4v) is 3.35. The van der Waals surface area contributed by atoms with Crippen LogP contribution in [0.3, 0.4) is 0 Å². The van der Waals surface area contributed by atoms with Gasteiger partial charge in [-0.05, 0) is 57.7 Å². The van der Waals surface area contributed by atoms with Crippen molar-refractivity contribution in [2.45, 2.75) is 38.7 Å². The predicted molar refractivity (Wildman–Crippen MR) is 76.7 cm³/mol. The van der Waals surface area contributed by atoms with E-state index in [1.54, 1.807) is 0 Å². The van der Waals surface area contributed by atoms with E-state index in [-0.39, 0.29) is 5.60 Å². The van der Waals surface area contributed by atoms with Crippen molar-refractivity contribution in [2.75, 3.05) is 13.1 Å². The summed E-state index contributed by atoms with van der Waals surface area (Å²) in [6, 6.07) is 3.76. The zero-order valence-electron chi connectivity index (χ0n) is 11.6. The van der Waals surface area contributed by atoms with Gasteiger partial charge >= 0.3 is 0 Å². The van der Waals surface area contributed by atoms with E-state index in [4.69, 9.17) is 16.3 Å². The lowest BCUT2D eigenvalue weighted by molar-refractivity contribution is 0.0108. The highest BCUT2D eigenvalue weighted by atomic mass is 35.5. The highest BCUT2D eigenvalue weighted by Gasteiger charge is 2.49. The van der Waals surface area contributed by atoms with Gasteiger partial charge in [0.05, 0.1) is 5.69 Å². The fraction of sp³-hybridized carbons (Fsp3) is 0.667. The smallest absolute Gasteiger partial charge is 0.141 e. The highest BCUT2D eigenvalue weighted by molar-refractivity contribution is 6.29. The first-order chi connectivity index (χ1) is 9.09. The molecule has 1 N–H and O–H groups in total. The normalized spacial score (nSPS) is 26.2. The van der Waals surface area contributed by atoms with E-state index in [0.717, 1.165) is 24.5 Å². The SMILES string of the molecule is Cc1nc(Cl)ccc1OC(C)(C1CC1)[C@H]1CCNC1. The molecule has 0 amide bonds. The largest absolute Gasteiger partial charge is 0.485 e. The summed E-state index contributed by atoms with van der Waals surface area (Å²) in [6.45, 7) is 6.40. The van der Waals surface area contributed by atoms with Gasteiger partial charge in [0.2, 0.25) is 0 Å². The second kappa shape index (κ2) is 4.95. The van der Waals surface area contributed by atoms with E-state index in [9.17, 15) is 0 Å². The van der Waals surface area contributed by atoms with Crippen molar-refractivity contribution in [1.82, 2.24) is 10.3 Å². The van der Waals surface area contributed by atoms with Crippen LogP contribution in [0, 0.1) is 18.8 Å². The van der Waals surface area contributed by atoms with Crippen molar-refractivity contribution >= 4 is 11.6 Å². The number of pyridine rings is 1. The van der Waals surface area contributed by atoms with Gasteiger partial charge in [-0.1, -0.05) is 11.6 Å². The minimum atomic E-state index is -0.0657. The zero-order chi connectivity index (χ0) is 13.5. The number of hydrogen-bond donors (Lipinski definition) is 1. The lowest BCUT2D eigenvalue weighted by Gasteiger charge is -2.36. The number of hydrogen-bond acceptors (Lipinski definition) is 3. The van der Waals surface area contributed by atoms with Gasteiger partial charge in [-0.25, -0.2) is 4.98 Å². The third-order valence-electron chi connectivity index (χ3n) is 4.59. The van der Waals surface area contributed by atoms with Crippen molar-refractivity contribution in [3.8, 4) is 5.75 Å². The number of halogens is 1. The molecule has 3 rings (SSSR count). The fourth-order valence-electron chi connectivity index (χ4n) is 3.16. The van der Waals surface area contributed by atoms with Crippen LogP contribution >= 0.6 is 11.6 Å². The molecule has 2 heterocycles. The topological polar surface area (TPSA) is 34.1 Å². The van der Waals surface area contributed by atoms with Crippen LogP contribution in [0.2, 0.25) is 5.15 Å². The molecular formula is C15H21ClN2O. The highest BCUT2D eigenvalue weighted by Crippen LogP contribution is 2.47. The number of aryl methyl sites for hydroxylation is 1. The summed E-state index contributed by atoms with van der Waals surface area (Å²) in [5.74, 6) is 2.16. The molecule has 0 bridgehead atoms. The number of rotatable bonds is 4. The average Bonchev–Trinajstić information content (AvgIpc) is 3.08. The summed E-state index contributed by atoms with van der Waals surface area (Å²) >= 11 is 5.91. The van der Waals surface area contributed by atoms with Crippen molar-refractivity contribution in [3.63, 3.8) is 0 Å². The lowest BCUT2D eigenvalue weighted by Crippen LogP contribution is -2.44.